The van der Waals surface area contributed by atoms with Crippen molar-refractivity contribution < 1.29 is 31.2 Å². The molecule has 1 unspecified atom stereocenters. The first kappa shape index (κ1) is 22.5. The number of hydrogen-bond acceptors (Lipinski definition) is 5. The molecule has 0 aliphatic heterocycles. The number of ether oxygens (including phenoxy) is 2. The molecule has 0 aliphatic carbocycles. The third-order valence-electron chi connectivity index (χ3n) is 3.72. The van der Waals surface area contributed by atoms with E-state index in [0.717, 1.165) is 0 Å². The predicted octanol–water partition coefficient (Wildman–Crippen LogP) is 4.41. The van der Waals surface area contributed by atoms with Crippen molar-refractivity contribution in [3.63, 3.8) is 0 Å². The van der Waals surface area contributed by atoms with Crippen LogP contribution >= 0.6 is 11.6 Å². The Balaban J connectivity index is 1.92. The Morgan fingerprint density at radius 1 is 0.857 bits per heavy atom. The summed E-state index contributed by atoms with van der Waals surface area (Å²) in [4.78, 5) is 0. The summed E-state index contributed by atoms with van der Waals surface area (Å²) in [6.07, 6.45) is 1.03. The molecule has 0 saturated heterocycles. The van der Waals surface area contributed by atoms with Crippen LogP contribution in [0.1, 0.15) is 24.0 Å². The molecule has 0 bridgehead atoms. The van der Waals surface area contributed by atoms with Gasteiger partial charge in [0.25, 0.3) is 5.92 Å². The van der Waals surface area contributed by atoms with Crippen molar-refractivity contribution in [3.05, 3.63) is 59.7 Å². The van der Waals surface area contributed by atoms with E-state index >= 15 is 0 Å². The van der Waals surface area contributed by atoms with Crippen LogP contribution in [-0.2, 0) is 21.5 Å². The van der Waals surface area contributed by atoms with E-state index in [1.54, 1.807) is 0 Å². The normalized spacial score (nSPS) is 12.6. The number of halogens is 3. The Kier molecular flexibility index (Phi) is 9.11. The average molecular weight is 434 g/mol. The molecule has 0 spiro atoms. The lowest BCUT2D eigenvalue weighted by Crippen LogP contribution is -2.15. The largest absolute Gasteiger partial charge is 0.750 e. The maximum absolute atomic E-state index is 14.7. The number of alkyl halides is 3. The first-order valence-electron chi connectivity index (χ1n) is 8.56. The molecule has 0 amide bonds. The first-order chi connectivity index (χ1) is 13.4. The van der Waals surface area contributed by atoms with E-state index in [1.165, 1.54) is 48.5 Å². The smallest absolute Gasteiger partial charge is 0.298 e. The molecular weight excluding hydrogens is 414 g/mol. The van der Waals surface area contributed by atoms with Gasteiger partial charge in [-0.1, -0.05) is 0 Å². The molecule has 0 N–H and O–H groups in total. The SMILES string of the molecule is O=S([O-])OCCCOc1ccc(C(F)(F)c2ccc(OCCCCl)cc2)cc1. The second-order valence-electron chi connectivity index (χ2n) is 5.74. The molecule has 9 heteroatoms. The lowest BCUT2D eigenvalue weighted by atomic mass is 10.0. The van der Waals surface area contributed by atoms with Gasteiger partial charge in [-0.3, -0.25) is 0 Å². The molecule has 0 radical (unpaired) electrons. The van der Waals surface area contributed by atoms with Gasteiger partial charge < -0.3 is 18.2 Å². The molecule has 2 aromatic carbocycles. The van der Waals surface area contributed by atoms with E-state index in [-0.39, 0.29) is 24.3 Å². The van der Waals surface area contributed by atoms with Gasteiger partial charge in [-0.15, -0.1) is 11.6 Å². The fraction of sp³-hybridized carbons (Fsp3) is 0.368. The Labute approximate surface area is 170 Å². The van der Waals surface area contributed by atoms with E-state index in [9.17, 15) is 17.5 Å². The van der Waals surface area contributed by atoms with Crippen LogP contribution in [-0.4, -0.2) is 34.5 Å². The van der Waals surface area contributed by atoms with Crippen LogP contribution in [0.15, 0.2) is 48.5 Å². The summed E-state index contributed by atoms with van der Waals surface area (Å²) in [5, 5.41) is 0. The number of rotatable bonds is 12. The van der Waals surface area contributed by atoms with E-state index in [0.29, 0.717) is 36.8 Å². The molecule has 0 aromatic heterocycles. The molecule has 0 heterocycles. The Morgan fingerprint density at radius 3 is 1.75 bits per heavy atom. The fourth-order valence-electron chi connectivity index (χ4n) is 2.31. The van der Waals surface area contributed by atoms with Crippen molar-refractivity contribution in [1.82, 2.24) is 0 Å². The highest BCUT2D eigenvalue weighted by Crippen LogP contribution is 2.37. The molecule has 2 aromatic rings. The highest BCUT2D eigenvalue weighted by atomic mass is 35.5. The highest BCUT2D eigenvalue weighted by molar-refractivity contribution is 7.74. The van der Waals surface area contributed by atoms with Crippen molar-refractivity contribution in [2.45, 2.75) is 18.8 Å². The molecule has 2 rings (SSSR count). The van der Waals surface area contributed by atoms with Crippen molar-refractivity contribution in [3.8, 4) is 11.5 Å². The van der Waals surface area contributed by atoms with Crippen molar-refractivity contribution in [2.75, 3.05) is 25.7 Å². The minimum atomic E-state index is -3.17. The number of benzene rings is 2. The zero-order chi connectivity index (χ0) is 20.4. The van der Waals surface area contributed by atoms with E-state index in [1.807, 2.05) is 0 Å². The van der Waals surface area contributed by atoms with Gasteiger partial charge in [0.05, 0.1) is 31.2 Å². The van der Waals surface area contributed by atoms with Crippen molar-refractivity contribution in [1.29, 1.82) is 0 Å². The lowest BCUT2D eigenvalue weighted by Gasteiger charge is -2.18. The molecule has 0 aliphatic rings. The molecule has 0 fully saturated rings. The summed E-state index contributed by atoms with van der Waals surface area (Å²) in [6.45, 7) is 0.636. The van der Waals surface area contributed by atoms with Gasteiger partial charge in [0.2, 0.25) is 0 Å². The summed E-state index contributed by atoms with van der Waals surface area (Å²) < 4.78 is 65.0. The molecule has 154 valence electrons. The van der Waals surface area contributed by atoms with Crippen molar-refractivity contribution in [2.24, 2.45) is 0 Å². The van der Waals surface area contributed by atoms with Crippen molar-refractivity contribution >= 4 is 23.0 Å². The third-order valence-corrected chi connectivity index (χ3v) is 4.34. The summed E-state index contributed by atoms with van der Waals surface area (Å²) in [7, 11) is 0. The second kappa shape index (κ2) is 11.3. The van der Waals surface area contributed by atoms with Crippen LogP contribution in [0, 0.1) is 0 Å². The molecule has 0 saturated carbocycles. The van der Waals surface area contributed by atoms with Gasteiger partial charge in [-0.2, -0.15) is 8.78 Å². The van der Waals surface area contributed by atoms with Gasteiger partial charge >= 0.3 is 0 Å². The Hall–Kier alpha value is -1.74. The Morgan fingerprint density at radius 2 is 1.32 bits per heavy atom. The zero-order valence-electron chi connectivity index (χ0n) is 14.9. The van der Waals surface area contributed by atoms with Gasteiger partial charge in [0.15, 0.2) is 0 Å². The maximum Gasteiger partial charge on any atom is 0.298 e. The summed E-state index contributed by atoms with van der Waals surface area (Å²) >= 11 is 3.02. The summed E-state index contributed by atoms with van der Waals surface area (Å²) in [5.74, 6) is -1.77. The standard InChI is InChI=1S/C19H21ClF2O5S/c20-11-1-12-25-17-7-3-15(4-8-17)19(21,22)16-5-9-18(10-6-16)26-13-2-14-27-28(23)24/h3-10H,1-2,11-14H2,(H,23,24)/p-1. The van der Waals surface area contributed by atoms with Crippen LogP contribution in [0.2, 0.25) is 0 Å². The lowest BCUT2D eigenvalue weighted by molar-refractivity contribution is 0.0427. The monoisotopic (exact) mass is 433 g/mol. The first-order valence-corrected chi connectivity index (χ1v) is 10.1. The summed E-state index contributed by atoms with van der Waals surface area (Å²) in [6, 6.07) is 11.2. The molecule has 1 atom stereocenters. The van der Waals surface area contributed by atoms with Gasteiger partial charge in [-0.25, -0.2) is 4.21 Å². The van der Waals surface area contributed by atoms with E-state index in [2.05, 4.69) is 4.18 Å². The zero-order valence-corrected chi connectivity index (χ0v) is 16.5. The minimum Gasteiger partial charge on any atom is -0.750 e. The van der Waals surface area contributed by atoms with Crippen LogP contribution in [0.4, 0.5) is 8.78 Å². The summed E-state index contributed by atoms with van der Waals surface area (Å²) in [5.41, 5.74) is -0.311. The number of hydrogen-bond donors (Lipinski definition) is 0. The van der Waals surface area contributed by atoms with E-state index in [4.69, 9.17) is 21.1 Å². The molecule has 5 nitrogen and oxygen atoms in total. The van der Waals surface area contributed by atoms with Crippen LogP contribution in [0.25, 0.3) is 0 Å². The van der Waals surface area contributed by atoms with Gasteiger partial charge in [-0.05, 0) is 55.0 Å². The maximum atomic E-state index is 14.7. The van der Waals surface area contributed by atoms with Crippen LogP contribution < -0.4 is 9.47 Å². The fourth-order valence-corrected chi connectivity index (χ4v) is 2.67. The van der Waals surface area contributed by atoms with Crippen LogP contribution in [0.3, 0.4) is 0 Å². The minimum absolute atomic E-state index is 0.00213. The van der Waals surface area contributed by atoms with Gasteiger partial charge in [0.1, 0.15) is 11.5 Å². The second-order valence-corrected chi connectivity index (χ2v) is 6.76. The molecular formula is C19H20ClF2O5S-. The van der Waals surface area contributed by atoms with E-state index < -0.39 is 17.3 Å². The average Bonchev–Trinajstić information content (AvgIpc) is 2.68. The third kappa shape index (κ3) is 7.01. The molecule has 28 heavy (non-hydrogen) atoms. The van der Waals surface area contributed by atoms with Crippen LogP contribution in [0.5, 0.6) is 11.5 Å². The quantitative estimate of drug-likeness (QED) is 0.282. The predicted molar refractivity (Wildman–Crippen MR) is 102 cm³/mol. The topological polar surface area (TPSA) is 67.8 Å². The highest BCUT2D eigenvalue weighted by Gasteiger charge is 2.33. The van der Waals surface area contributed by atoms with Gasteiger partial charge in [0, 0.05) is 23.4 Å². The Bertz CT molecular complexity index is 741.